The van der Waals surface area contributed by atoms with Crippen LogP contribution in [0.25, 0.3) is 6.08 Å². The molecule has 0 N–H and O–H groups in total. The molecule has 26 heavy (non-hydrogen) atoms. The number of carbonyl (C=O) groups is 1. The Kier molecular flexibility index (Phi) is 5.36. The van der Waals surface area contributed by atoms with Gasteiger partial charge in [-0.3, -0.25) is 4.99 Å². The predicted octanol–water partition coefficient (Wildman–Crippen LogP) is 5.04. The highest BCUT2D eigenvalue weighted by atomic mass is 16.6. The van der Waals surface area contributed by atoms with Crippen molar-refractivity contribution in [2.75, 3.05) is 0 Å². The van der Waals surface area contributed by atoms with Gasteiger partial charge in [-0.05, 0) is 44.4 Å². The number of ether oxygens (including phenoxy) is 1. The molecule has 2 aromatic rings. The van der Waals surface area contributed by atoms with Gasteiger partial charge in [0.1, 0.15) is 5.60 Å². The van der Waals surface area contributed by atoms with Crippen LogP contribution in [0, 0.1) is 0 Å². The molecule has 2 aromatic carbocycles. The van der Waals surface area contributed by atoms with E-state index in [0.29, 0.717) is 0 Å². The SMILES string of the molecule is CC(C)(C)OC(=O)[C@H]1N=C(/C=C/c2ccccc2)C[C@@H]1c1ccccc1. The van der Waals surface area contributed by atoms with E-state index >= 15 is 0 Å². The van der Waals surface area contributed by atoms with E-state index in [2.05, 4.69) is 12.1 Å². The summed E-state index contributed by atoms with van der Waals surface area (Å²) in [6, 6.07) is 19.7. The molecular formula is C23H25NO2. The minimum absolute atomic E-state index is 0.0153. The Morgan fingerprint density at radius 2 is 1.62 bits per heavy atom. The van der Waals surface area contributed by atoms with Crippen molar-refractivity contribution in [1.82, 2.24) is 0 Å². The molecule has 1 heterocycles. The number of rotatable bonds is 4. The van der Waals surface area contributed by atoms with Gasteiger partial charge in [0.15, 0.2) is 6.04 Å². The monoisotopic (exact) mass is 347 g/mol. The van der Waals surface area contributed by atoms with Gasteiger partial charge in [0.25, 0.3) is 0 Å². The first-order valence-electron chi connectivity index (χ1n) is 9.00. The number of aliphatic imine (C=N–C) groups is 1. The van der Waals surface area contributed by atoms with Gasteiger partial charge >= 0.3 is 5.97 Å². The first-order valence-corrected chi connectivity index (χ1v) is 9.00. The predicted molar refractivity (Wildman–Crippen MR) is 106 cm³/mol. The molecule has 3 heteroatoms. The second kappa shape index (κ2) is 7.69. The van der Waals surface area contributed by atoms with Crippen LogP contribution in [0.5, 0.6) is 0 Å². The lowest BCUT2D eigenvalue weighted by atomic mass is 9.90. The third kappa shape index (κ3) is 4.69. The van der Waals surface area contributed by atoms with Crippen molar-refractivity contribution in [2.45, 2.75) is 44.8 Å². The van der Waals surface area contributed by atoms with Gasteiger partial charge in [0.05, 0.1) is 0 Å². The van der Waals surface area contributed by atoms with Gasteiger partial charge < -0.3 is 4.74 Å². The van der Waals surface area contributed by atoms with Crippen molar-refractivity contribution in [3.8, 4) is 0 Å². The molecule has 134 valence electrons. The maximum atomic E-state index is 12.7. The Balaban J connectivity index is 1.84. The summed E-state index contributed by atoms with van der Waals surface area (Å²) in [6.45, 7) is 5.66. The number of nitrogens with zero attached hydrogens (tertiary/aromatic N) is 1. The highest BCUT2D eigenvalue weighted by molar-refractivity contribution is 6.02. The molecule has 1 aliphatic rings. The van der Waals surface area contributed by atoms with Crippen molar-refractivity contribution in [1.29, 1.82) is 0 Å². The summed E-state index contributed by atoms with van der Waals surface area (Å²) in [5.74, 6) is -0.240. The molecule has 3 rings (SSSR count). The molecule has 2 atom stereocenters. The molecule has 0 radical (unpaired) electrons. The molecule has 0 saturated heterocycles. The zero-order valence-electron chi connectivity index (χ0n) is 15.6. The maximum Gasteiger partial charge on any atom is 0.332 e. The van der Waals surface area contributed by atoms with Crippen LogP contribution in [0.4, 0.5) is 0 Å². The molecule has 1 aliphatic heterocycles. The summed E-state index contributed by atoms with van der Waals surface area (Å²) in [6.07, 6.45) is 4.78. The molecule has 0 bridgehead atoms. The molecular weight excluding hydrogens is 322 g/mol. The summed E-state index contributed by atoms with van der Waals surface area (Å²) in [4.78, 5) is 17.4. The summed E-state index contributed by atoms with van der Waals surface area (Å²) < 4.78 is 5.61. The van der Waals surface area contributed by atoms with E-state index in [9.17, 15) is 4.79 Å². The number of carbonyl (C=O) groups excluding carboxylic acids is 1. The third-order valence-electron chi connectivity index (χ3n) is 4.26. The molecule has 0 aliphatic carbocycles. The average molecular weight is 347 g/mol. The first kappa shape index (κ1) is 18.1. The standard InChI is InChI=1S/C23H25NO2/c1-23(2,3)26-22(25)21-20(18-12-8-5-9-13-18)16-19(24-21)15-14-17-10-6-4-7-11-17/h4-15,20-21H,16H2,1-3H3/b15-14+/t20-,21+/m1/s1. The van der Waals surface area contributed by atoms with Crippen LogP contribution in [-0.2, 0) is 9.53 Å². The molecule has 0 aromatic heterocycles. The lowest BCUT2D eigenvalue weighted by Gasteiger charge is -2.24. The van der Waals surface area contributed by atoms with E-state index in [1.165, 1.54) is 0 Å². The second-order valence-corrected chi connectivity index (χ2v) is 7.56. The third-order valence-corrected chi connectivity index (χ3v) is 4.26. The van der Waals surface area contributed by atoms with E-state index < -0.39 is 11.6 Å². The second-order valence-electron chi connectivity index (χ2n) is 7.56. The van der Waals surface area contributed by atoms with E-state index in [1.807, 2.05) is 81.5 Å². The highest BCUT2D eigenvalue weighted by Gasteiger charge is 2.37. The molecule has 0 unspecified atom stereocenters. The number of benzene rings is 2. The van der Waals surface area contributed by atoms with E-state index in [-0.39, 0.29) is 11.9 Å². The molecule has 3 nitrogen and oxygen atoms in total. The minimum atomic E-state index is -0.517. The Hall–Kier alpha value is -2.68. The maximum absolute atomic E-state index is 12.7. The van der Waals surface area contributed by atoms with Crippen molar-refractivity contribution in [2.24, 2.45) is 4.99 Å². The average Bonchev–Trinajstić information content (AvgIpc) is 3.05. The number of allylic oxidation sites excluding steroid dienone is 1. The molecule has 0 fully saturated rings. The summed E-state index contributed by atoms with van der Waals surface area (Å²) >= 11 is 0. The van der Waals surface area contributed by atoms with Crippen molar-refractivity contribution in [3.05, 3.63) is 77.9 Å². The fourth-order valence-electron chi connectivity index (χ4n) is 3.11. The zero-order valence-corrected chi connectivity index (χ0v) is 15.6. The Morgan fingerprint density at radius 3 is 2.23 bits per heavy atom. The fraction of sp³-hybridized carbons (Fsp3) is 0.304. The van der Waals surface area contributed by atoms with Crippen molar-refractivity contribution in [3.63, 3.8) is 0 Å². The Labute approximate surface area is 155 Å². The number of esters is 1. The first-order chi connectivity index (χ1) is 12.4. The Bertz CT molecular complexity index is 801. The highest BCUT2D eigenvalue weighted by Crippen LogP contribution is 2.33. The molecule has 0 spiro atoms. The Morgan fingerprint density at radius 1 is 1.00 bits per heavy atom. The summed E-state index contributed by atoms with van der Waals surface area (Å²) in [5, 5.41) is 0. The van der Waals surface area contributed by atoms with Gasteiger partial charge in [0.2, 0.25) is 0 Å². The lowest BCUT2D eigenvalue weighted by Crippen LogP contribution is -2.32. The topological polar surface area (TPSA) is 38.7 Å². The summed E-state index contributed by atoms with van der Waals surface area (Å²) in [5.41, 5.74) is 2.65. The minimum Gasteiger partial charge on any atom is -0.458 e. The normalized spacial score (nSPS) is 20.2. The van der Waals surface area contributed by atoms with Crippen LogP contribution < -0.4 is 0 Å². The van der Waals surface area contributed by atoms with Crippen LogP contribution in [0.2, 0.25) is 0 Å². The largest absolute Gasteiger partial charge is 0.458 e. The van der Waals surface area contributed by atoms with E-state index in [0.717, 1.165) is 23.3 Å². The van der Waals surface area contributed by atoms with Gasteiger partial charge in [-0.2, -0.15) is 0 Å². The lowest BCUT2D eigenvalue weighted by molar-refractivity contribution is -0.156. The van der Waals surface area contributed by atoms with Crippen molar-refractivity contribution < 1.29 is 9.53 Å². The van der Waals surface area contributed by atoms with Gasteiger partial charge in [-0.25, -0.2) is 4.79 Å². The van der Waals surface area contributed by atoms with Gasteiger partial charge in [-0.15, -0.1) is 0 Å². The fourth-order valence-corrected chi connectivity index (χ4v) is 3.11. The smallest absolute Gasteiger partial charge is 0.332 e. The quantitative estimate of drug-likeness (QED) is 0.727. The van der Waals surface area contributed by atoms with Crippen LogP contribution >= 0.6 is 0 Å². The molecule has 0 amide bonds. The van der Waals surface area contributed by atoms with Gasteiger partial charge in [0, 0.05) is 11.6 Å². The van der Waals surface area contributed by atoms with Gasteiger partial charge in [-0.1, -0.05) is 66.7 Å². The number of hydrogen-bond donors (Lipinski definition) is 0. The van der Waals surface area contributed by atoms with Crippen molar-refractivity contribution >= 4 is 17.8 Å². The number of hydrogen-bond acceptors (Lipinski definition) is 3. The van der Waals surface area contributed by atoms with Crippen LogP contribution in [0.3, 0.4) is 0 Å². The van der Waals surface area contributed by atoms with Crippen LogP contribution in [-0.4, -0.2) is 23.3 Å². The zero-order chi connectivity index (χ0) is 18.6. The van der Waals surface area contributed by atoms with Crippen LogP contribution in [0.15, 0.2) is 71.7 Å². The van der Waals surface area contributed by atoms with E-state index in [1.54, 1.807) is 0 Å². The molecule has 0 saturated carbocycles. The summed E-state index contributed by atoms with van der Waals surface area (Å²) in [7, 11) is 0. The van der Waals surface area contributed by atoms with Crippen LogP contribution in [0.1, 0.15) is 44.2 Å². The van der Waals surface area contributed by atoms with E-state index in [4.69, 9.17) is 9.73 Å².